The number of halogens is 1. The van der Waals surface area contributed by atoms with E-state index in [1.54, 1.807) is 12.3 Å². The summed E-state index contributed by atoms with van der Waals surface area (Å²) in [6.07, 6.45) is 2.55. The van der Waals surface area contributed by atoms with Crippen LogP contribution in [0.4, 0.5) is 0 Å². The Morgan fingerprint density at radius 3 is 2.56 bits per heavy atom. The molecule has 0 aliphatic heterocycles. The summed E-state index contributed by atoms with van der Waals surface area (Å²) in [6.45, 7) is 6.51. The second-order valence-corrected chi connectivity index (χ2v) is 8.63. The first kappa shape index (κ1) is 23.7. The summed E-state index contributed by atoms with van der Waals surface area (Å²) in [6, 6.07) is 20.6. The van der Waals surface area contributed by atoms with Crippen LogP contribution in [0, 0.1) is 0 Å². The van der Waals surface area contributed by atoms with Crippen molar-refractivity contribution in [2.24, 2.45) is 5.10 Å². The highest BCUT2D eigenvalue weighted by Gasteiger charge is 2.15. The second kappa shape index (κ2) is 10.7. The van der Waals surface area contributed by atoms with Crippen LogP contribution in [0.15, 0.2) is 81.1 Å². The van der Waals surface area contributed by atoms with Gasteiger partial charge < -0.3 is 9.47 Å². The van der Waals surface area contributed by atoms with E-state index in [-0.39, 0.29) is 11.7 Å². The van der Waals surface area contributed by atoms with Crippen molar-refractivity contribution < 1.29 is 9.47 Å². The zero-order chi connectivity index (χ0) is 24.1. The Labute approximate surface area is 207 Å². The number of hydrogen-bond donors (Lipinski definition) is 0. The number of ether oxygens (including phenoxy) is 2. The summed E-state index contributed by atoms with van der Waals surface area (Å²) in [4.78, 5) is 18.1. The van der Waals surface area contributed by atoms with Crippen molar-refractivity contribution in [1.29, 1.82) is 0 Å². The van der Waals surface area contributed by atoms with Crippen molar-refractivity contribution in [3.8, 4) is 22.9 Å². The molecule has 0 amide bonds. The van der Waals surface area contributed by atoms with Crippen LogP contribution in [0.3, 0.4) is 0 Å². The maximum absolute atomic E-state index is 13.3. The Morgan fingerprint density at radius 1 is 1.09 bits per heavy atom. The molecule has 1 aromatic heterocycles. The molecule has 0 unspecified atom stereocenters. The number of nitrogens with zero attached hydrogens (tertiary/aromatic N) is 3. The molecule has 0 radical (unpaired) electrons. The Hall–Kier alpha value is -3.45. The first-order valence-corrected chi connectivity index (χ1v) is 12.1. The molecule has 0 bridgehead atoms. The van der Waals surface area contributed by atoms with Gasteiger partial charge in [-0.25, -0.2) is 4.98 Å². The van der Waals surface area contributed by atoms with Crippen LogP contribution in [-0.2, 0) is 0 Å². The fourth-order valence-electron chi connectivity index (χ4n) is 3.45. The minimum atomic E-state index is -0.235. The van der Waals surface area contributed by atoms with Gasteiger partial charge in [0.05, 0.1) is 34.3 Å². The molecular formula is C27H26BrN3O3. The Balaban J connectivity index is 1.82. The number of fused-ring (bicyclic) bond motifs is 1. The molecule has 4 rings (SSSR count). The van der Waals surface area contributed by atoms with Gasteiger partial charge >= 0.3 is 0 Å². The van der Waals surface area contributed by atoms with Gasteiger partial charge in [-0.15, -0.1) is 0 Å². The lowest BCUT2D eigenvalue weighted by Gasteiger charge is -2.18. The topological polar surface area (TPSA) is 65.7 Å². The van der Waals surface area contributed by atoms with E-state index in [9.17, 15) is 4.79 Å². The quantitative estimate of drug-likeness (QED) is 0.257. The molecular weight excluding hydrogens is 494 g/mol. The average Bonchev–Trinajstić information content (AvgIpc) is 2.86. The highest BCUT2D eigenvalue weighted by molar-refractivity contribution is 9.10. The first-order valence-electron chi connectivity index (χ1n) is 11.3. The Morgan fingerprint density at radius 2 is 1.82 bits per heavy atom. The summed E-state index contributed by atoms with van der Waals surface area (Å²) < 4.78 is 14.0. The molecule has 0 fully saturated rings. The predicted octanol–water partition coefficient (Wildman–Crippen LogP) is 6.28. The highest BCUT2D eigenvalue weighted by atomic mass is 79.9. The van der Waals surface area contributed by atoms with E-state index in [4.69, 9.17) is 14.5 Å². The van der Waals surface area contributed by atoms with E-state index in [2.05, 4.69) is 28.0 Å². The minimum absolute atomic E-state index is 0.0469. The molecule has 0 N–H and O–H groups in total. The molecule has 0 spiro atoms. The standard InChI is InChI=1S/C27H26BrN3O3/c1-4-18(3)34-25-22(28)15-19(16-24(25)33-5-2)17-29-31-26(20-11-7-6-8-12-20)30-23-14-10-9-13-21(23)27(31)32/h6-18H,4-5H2,1-3H3/t18-/m1/s1. The lowest BCUT2D eigenvalue weighted by atomic mass is 10.2. The smallest absolute Gasteiger partial charge is 0.282 e. The van der Waals surface area contributed by atoms with Gasteiger partial charge in [0.1, 0.15) is 0 Å². The van der Waals surface area contributed by atoms with E-state index >= 15 is 0 Å². The SMILES string of the molecule is CCOc1cc(C=Nn2c(-c3ccccc3)nc3ccccc3c2=O)cc(Br)c1O[C@H](C)CC. The van der Waals surface area contributed by atoms with Gasteiger partial charge in [-0.05, 0) is 66.0 Å². The molecule has 0 aliphatic rings. The molecule has 1 heterocycles. The van der Waals surface area contributed by atoms with E-state index in [0.717, 1.165) is 22.0 Å². The van der Waals surface area contributed by atoms with Crippen molar-refractivity contribution >= 4 is 33.0 Å². The van der Waals surface area contributed by atoms with Crippen LogP contribution >= 0.6 is 15.9 Å². The van der Waals surface area contributed by atoms with Crippen molar-refractivity contribution in [3.63, 3.8) is 0 Å². The summed E-state index contributed by atoms with van der Waals surface area (Å²) >= 11 is 3.60. The van der Waals surface area contributed by atoms with Crippen LogP contribution in [0.25, 0.3) is 22.3 Å². The third-order valence-electron chi connectivity index (χ3n) is 5.33. The molecule has 0 aliphatic carbocycles. The molecule has 7 heteroatoms. The third-order valence-corrected chi connectivity index (χ3v) is 5.92. The van der Waals surface area contributed by atoms with Crippen LogP contribution in [0.1, 0.15) is 32.8 Å². The van der Waals surface area contributed by atoms with Gasteiger partial charge in [0, 0.05) is 5.56 Å². The maximum Gasteiger partial charge on any atom is 0.282 e. The number of benzene rings is 3. The van der Waals surface area contributed by atoms with Crippen LogP contribution < -0.4 is 15.0 Å². The monoisotopic (exact) mass is 519 g/mol. The van der Waals surface area contributed by atoms with E-state index in [1.807, 2.05) is 74.5 Å². The lowest BCUT2D eigenvalue weighted by Crippen LogP contribution is -2.20. The zero-order valence-electron chi connectivity index (χ0n) is 19.4. The number of para-hydroxylation sites is 1. The lowest BCUT2D eigenvalue weighted by molar-refractivity contribution is 0.202. The van der Waals surface area contributed by atoms with Gasteiger partial charge in [-0.2, -0.15) is 9.78 Å². The Bertz CT molecular complexity index is 1380. The number of rotatable bonds is 8. The van der Waals surface area contributed by atoms with E-state index < -0.39 is 0 Å². The number of hydrogen-bond acceptors (Lipinski definition) is 5. The van der Waals surface area contributed by atoms with Crippen LogP contribution in [-0.4, -0.2) is 28.6 Å². The molecule has 6 nitrogen and oxygen atoms in total. The molecule has 0 saturated heterocycles. The van der Waals surface area contributed by atoms with E-state index in [1.165, 1.54) is 4.68 Å². The molecule has 34 heavy (non-hydrogen) atoms. The molecule has 0 saturated carbocycles. The predicted molar refractivity (Wildman–Crippen MR) is 140 cm³/mol. The van der Waals surface area contributed by atoms with Gasteiger partial charge in [-0.3, -0.25) is 4.79 Å². The van der Waals surface area contributed by atoms with Gasteiger partial charge in [0.25, 0.3) is 5.56 Å². The van der Waals surface area contributed by atoms with Gasteiger partial charge in [0.2, 0.25) is 0 Å². The van der Waals surface area contributed by atoms with Gasteiger partial charge in [0.15, 0.2) is 17.3 Å². The highest BCUT2D eigenvalue weighted by Crippen LogP contribution is 2.37. The van der Waals surface area contributed by atoms with E-state index in [0.29, 0.717) is 34.8 Å². The molecule has 1 atom stereocenters. The van der Waals surface area contributed by atoms with Gasteiger partial charge in [-0.1, -0.05) is 49.4 Å². The number of aromatic nitrogens is 2. The van der Waals surface area contributed by atoms with Crippen molar-refractivity contribution in [1.82, 2.24) is 9.66 Å². The molecule has 4 aromatic rings. The normalized spacial score (nSPS) is 12.2. The third kappa shape index (κ3) is 5.04. The second-order valence-electron chi connectivity index (χ2n) is 7.78. The summed E-state index contributed by atoms with van der Waals surface area (Å²) in [5.74, 6) is 1.75. The first-order chi connectivity index (χ1) is 16.5. The largest absolute Gasteiger partial charge is 0.490 e. The summed E-state index contributed by atoms with van der Waals surface area (Å²) in [7, 11) is 0. The van der Waals surface area contributed by atoms with Crippen molar-refractivity contribution in [3.05, 3.63) is 87.1 Å². The Kier molecular flexibility index (Phi) is 7.43. The summed E-state index contributed by atoms with van der Waals surface area (Å²) in [5.41, 5.74) is 1.95. The summed E-state index contributed by atoms with van der Waals surface area (Å²) in [5, 5.41) is 5.06. The van der Waals surface area contributed by atoms with Crippen molar-refractivity contribution in [2.45, 2.75) is 33.3 Å². The average molecular weight is 520 g/mol. The zero-order valence-corrected chi connectivity index (χ0v) is 21.0. The minimum Gasteiger partial charge on any atom is -0.490 e. The fourth-order valence-corrected chi connectivity index (χ4v) is 4.01. The maximum atomic E-state index is 13.3. The molecule has 174 valence electrons. The molecule has 3 aromatic carbocycles. The van der Waals surface area contributed by atoms with Crippen molar-refractivity contribution in [2.75, 3.05) is 6.61 Å². The fraction of sp³-hybridized carbons (Fsp3) is 0.222. The van der Waals surface area contributed by atoms with Crippen LogP contribution in [0.2, 0.25) is 0 Å². The van der Waals surface area contributed by atoms with Crippen LogP contribution in [0.5, 0.6) is 11.5 Å².